The first kappa shape index (κ1) is 46.8. The molecule has 330 valence electrons. The number of Topliss-reactive ketones (excluding diaryl/α,β-unsaturated/α-hetero) is 2. The van der Waals surface area contributed by atoms with Gasteiger partial charge in [0.2, 0.25) is 0 Å². The average Bonchev–Trinajstić information content (AvgIpc) is 3.81. The normalized spacial score (nSPS) is 11.4. The Bertz CT molecular complexity index is 3090. The summed E-state index contributed by atoms with van der Waals surface area (Å²) in [7, 11) is 0. The van der Waals surface area contributed by atoms with Gasteiger partial charge in [0.15, 0.2) is 0 Å². The van der Waals surface area contributed by atoms with Gasteiger partial charge in [-0.15, -0.1) is 0 Å². The van der Waals surface area contributed by atoms with Crippen molar-refractivity contribution >= 4 is 55.2 Å². The zero-order valence-corrected chi connectivity index (χ0v) is 37.6. The molecule has 4 aromatic heterocycles. The van der Waals surface area contributed by atoms with E-state index in [0.717, 1.165) is 90.6 Å². The Balaban J connectivity index is 0.000000170. The minimum absolute atomic E-state index is 0. The minimum atomic E-state index is -4.39. The van der Waals surface area contributed by atoms with Gasteiger partial charge in [0.25, 0.3) is 0 Å². The number of aromatic nitrogens is 4. The average molecular weight is 1070 g/mol. The quantitative estimate of drug-likeness (QED) is 0.123. The molecule has 0 aliphatic rings. The Kier molecular flexibility index (Phi) is 13.8. The van der Waals surface area contributed by atoms with Gasteiger partial charge in [-0.1, -0.05) is 84.9 Å². The summed E-state index contributed by atoms with van der Waals surface area (Å²) in [6.07, 6.45) is -6.93. The molecule has 0 saturated heterocycles. The van der Waals surface area contributed by atoms with Crippen molar-refractivity contribution in [1.82, 2.24) is 19.1 Å². The van der Waals surface area contributed by atoms with Crippen molar-refractivity contribution in [2.45, 2.75) is 32.6 Å². The van der Waals surface area contributed by atoms with Gasteiger partial charge < -0.3 is 9.13 Å². The van der Waals surface area contributed by atoms with Gasteiger partial charge in [0.1, 0.15) is 11.6 Å². The van der Waals surface area contributed by atoms with Gasteiger partial charge in [-0.25, -0.2) is 0 Å². The van der Waals surface area contributed by atoms with Crippen LogP contribution in [0.25, 0.3) is 77.5 Å². The number of hydrogen-bond donors (Lipinski definition) is 0. The number of halogens is 6. The van der Waals surface area contributed by atoms with Crippen LogP contribution >= 0.6 is 0 Å². The first-order valence-electron chi connectivity index (χ1n) is 20.4. The SMILES string of the molecule is CC(=O)CC(C)=O.FC(F)(F)c1ccc(-c2ccc3c(c2)c2ccccc2n3-c2ccccc2)nc1.FC(F)(F)c1ccc(-c2ccc3c(c2)c2ccccc2n3-c2ccccc2)nc1.[Ir+3]. The Morgan fingerprint density at radius 2 is 0.788 bits per heavy atom. The van der Waals surface area contributed by atoms with Gasteiger partial charge in [-0.05, 0) is 98.8 Å². The summed E-state index contributed by atoms with van der Waals surface area (Å²) in [6.45, 7) is 2.81. The van der Waals surface area contributed by atoms with Crippen molar-refractivity contribution in [3.63, 3.8) is 0 Å². The van der Waals surface area contributed by atoms with Crippen molar-refractivity contribution in [3.8, 4) is 33.9 Å². The Labute approximate surface area is 388 Å². The fourth-order valence-electron chi connectivity index (χ4n) is 7.79. The van der Waals surface area contributed by atoms with Crippen LogP contribution in [0.15, 0.2) is 182 Å². The largest absolute Gasteiger partial charge is 3.00 e. The van der Waals surface area contributed by atoms with E-state index < -0.39 is 23.5 Å². The molecule has 4 heterocycles. The van der Waals surface area contributed by atoms with Crippen molar-refractivity contribution < 1.29 is 56.0 Å². The van der Waals surface area contributed by atoms with Crippen molar-refractivity contribution in [1.29, 1.82) is 0 Å². The number of rotatable bonds is 6. The third kappa shape index (κ3) is 10.0. The van der Waals surface area contributed by atoms with E-state index in [2.05, 4.69) is 67.6 Å². The number of pyridine rings is 2. The summed E-state index contributed by atoms with van der Waals surface area (Å²) in [5.41, 5.74) is 7.42. The summed E-state index contributed by atoms with van der Waals surface area (Å²) in [5, 5.41) is 4.23. The predicted octanol–water partition coefficient (Wildman–Crippen LogP) is 14.3. The van der Waals surface area contributed by atoms with E-state index in [1.54, 1.807) is 0 Å². The molecule has 0 N–H and O–H groups in total. The van der Waals surface area contributed by atoms with Crippen LogP contribution in [0.1, 0.15) is 31.4 Å². The molecule has 0 radical (unpaired) electrons. The van der Waals surface area contributed by atoms with Crippen LogP contribution in [0, 0.1) is 0 Å². The van der Waals surface area contributed by atoms with Crippen molar-refractivity contribution in [3.05, 3.63) is 193 Å². The maximum atomic E-state index is 12.8. The standard InChI is InChI=1S/2C24H15F3N2.C5H8O2.Ir/c2*25-24(26,27)17-11-12-21(28-15-17)16-10-13-23-20(14-16)19-8-4-5-9-22(19)29(23)18-6-2-1-3-7-18;1-4(6)3-5(2)7;/h2*1-15H;3H2,1-2H3;/q;;;+3. The van der Waals surface area contributed by atoms with Crippen LogP contribution in [0.4, 0.5) is 26.3 Å². The zero-order valence-electron chi connectivity index (χ0n) is 35.2. The molecule has 13 heteroatoms. The van der Waals surface area contributed by atoms with E-state index in [1.165, 1.54) is 26.0 Å². The topological polar surface area (TPSA) is 69.8 Å². The molecule has 0 saturated carbocycles. The number of benzene rings is 6. The van der Waals surface area contributed by atoms with E-state index in [-0.39, 0.29) is 38.1 Å². The zero-order chi connectivity index (χ0) is 45.9. The maximum absolute atomic E-state index is 12.8. The van der Waals surface area contributed by atoms with E-state index in [4.69, 9.17) is 0 Å². The molecule has 0 aliphatic carbocycles. The number of carbonyl (C=O) groups is 2. The first-order valence-corrected chi connectivity index (χ1v) is 20.4. The second-order valence-electron chi connectivity index (χ2n) is 15.3. The number of hydrogen-bond acceptors (Lipinski definition) is 4. The summed E-state index contributed by atoms with van der Waals surface area (Å²) in [5.74, 6) is -0.125. The summed E-state index contributed by atoms with van der Waals surface area (Å²) >= 11 is 0. The number of carbonyl (C=O) groups excluding carboxylic acids is 2. The number of para-hydroxylation sites is 4. The molecule has 0 fully saturated rings. The van der Waals surface area contributed by atoms with Gasteiger partial charge in [-0.2, -0.15) is 26.3 Å². The minimum Gasteiger partial charge on any atom is -0.309 e. The van der Waals surface area contributed by atoms with E-state index in [9.17, 15) is 35.9 Å². The van der Waals surface area contributed by atoms with Crippen molar-refractivity contribution in [2.24, 2.45) is 0 Å². The van der Waals surface area contributed by atoms with Crippen LogP contribution < -0.4 is 0 Å². The van der Waals surface area contributed by atoms with Crippen LogP contribution in [0.5, 0.6) is 0 Å². The molecule has 0 amide bonds. The van der Waals surface area contributed by atoms with E-state index in [0.29, 0.717) is 11.4 Å². The third-order valence-electron chi connectivity index (χ3n) is 10.6. The number of alkyl halides is 6. The van der Waals surface area contributed by atoms with Crippen LogP contribution in [0.3, 0.4) is 0 Å². The molecule has 6 nitrogen and oxygen atoms in total. The van der Waals surface area contributed by atoms with Gasteiger partial charge >= 0.3 is 32.5 Å². The van der Waals surface area contributed by atoms with Crippen molar-refractivity contribution in [2.75, 3.05) is 0 Å². The molecule has 10 aromatic rings. The van der Waals surface area contributed by atoms with E-state index in [1.807, 2.05) is 97.1 Å². The van der Waals surface area contributed by atoms with Crippen LogP contribution in [-0.2, 0) is 42.0 Å². The second kappa shape index (κ2) is 19.5. The first-order chi connectivity index (χ1) is 31.2. The smallest absolute Gasteiger partial charge is 0.309 e. The Morgan fingerprint density at radius 1 is 0.439 bits per heavy atom. The Morgan fingerprint density at radius 3 is 1.11 bits per heavy atom. The van der Waals surface area contributed by atoms with Crippen LogP contribution in [-0.4, -0.2) is 30.7 Å². The summed E-state index contributed by atoms with van der Waals surface area (Å²) in [6, 6.07) is 53.1. The van der Waals surface area contributed by atoms with Gasteiger partial charge in [0.05, 0.1) is 51.0 Å². The monoisotopic (exact) mass is 1070 g/mol. The van der Waals surface area contributed by atoms with Gasteiger partial charge in [-0.3, -0.25) is 19.6 Å². The molecule has 10 rings (SSSR count). The molecule has 0 unspecified atom stereocenters. The fourth-order valence-corrected chi connectivity index (χ4v) is 7.79. The maximum Gasteiger partial charge on any atom is 3.00 e. The molecular weight excluding hydrogens is 1030 g/mol. The molecule has 0 aliphatic heterocycles. The predicted molar refractivity (Wildman–Crippen MR) is 244 cm³/mol. The molecule has 0 atom stereocenters. The third-order valence-corrected chi connectivity index (χ3v) is 10.6. The summed E-state index contributed by atoms with van der Waals surface area (Å²) < 4.78 is 81.3. The molecule has 6 aromatic carbocycles. The number of nitrogens with zero attached hydrogens (tertiary/aromatic N) is 4. The number of ketones is 2. The van der Waals surface area contributed by atoms with Crippen LogP contribution in [0.2, 0.25) is 0 Å². The second-order valence-corrected chi connectivity index (χ2v) is 15.3. The fraction of sp³-hybridized carbons (Fsp3) is 0.0943. The molecule has 66 heavy (non-hydrogen) atoms. The van der Waals surface area contributed by atoms with E-state index >= 15 is 0 Å². The molecule has 0 bridgehead atoms. The summed E-state index contributed by atoms with van der Waals surface area (Å²) in [4.78, 5) is 28.1. The Hall–Kier alpha value is -7.21. The molecular formula is C53H38F6IrN4O2+3. The number of fused-ring (bicyclic) bond motifs is 6. The van der Waals surface area contributed by atoms with Gasteiger partial charge in [0, 0.05) is 56.4 Å². The molecule has 0 spiro atoms.